The highest BCUT2D eigenvalue weighted by molar-refractivity contribution is 5.76. The SMILES string of the molecule is CCc1nc2ccccc2n1Cc1c(OC)cccc1OC. The molecule has 4 heteroatoms. The maximum absolute atomic E-state index is 5.51. The number of nitrogens with zero attached hydrogens (tertiary/aromatic N) is 2. The van der Waals surface area contributed by atoms with Crippen LogP contribution in [0.2, 0.25) is 0 Å². The van der Waals surface area contributed by atoms with Gasteiger partial charge < -0.3 is 14.0 Å². The first-order chi connectivity index (χ1) is 10.8. The summed E-state index contributed by atoms with van der Waals surface area (Å²) in [5, 5.41) is 0. The van der Waals surface area contributed by atoms with Crippen molar-refractivity contribution in [1.82, 2.24) is 9.55 Å². The van der Waals surface area contributed by atoms with Crippen LogP contribution >= 0.6 is 0 Å². The van der Waals surface area contributed by atoms with Gasteiger partial charge in [0.15, 0.2) is 0 Å². The Bertz CT molecular complexity index is 771. The third kappa shape index (κ3) is 2.41. The number of benzene rings is 2. The van der Waals surface area contributed by atoms with Crippen LogP contribution < -0.4 is 9.47 Å². The van der Waals surface area contributed by atoms with Crippen molar-refractivity contribution in [2.45, 2.75) is 19.9 Å². The van der Waals surface area contributed by atoms with Crippen molar-refractivity contribution in [2.75, 3.05) is 14.2 Å². The van der Waals surface area contributed by atoms with Crippen molar-refractivity contribution in [3.05, 3.63) is 53.9 Å². The number of para-hydroxylation sites is 2. The number of fused-ring (bicyclic) bond motifs is 1. The number of aromatic nitrogens is 2. The minimum absolute atomic E-state index is 0.677. The highest BCUT2D eigenvalue weighted by Gasteiger charge is 2.15. The summed E-state index contributed by atoms with van der Waals surface area (Å²) in [6.45, 7) is 2.80. The van der Waals surface area contributed by atoms with Crippen LogP contribution in [-0.2, 0) is 13.0 Å². The molecule has 3 rings (SSSR count). The van der Waals surface area contributed by atoms with Gasteiger partial charge in [-0.05, 0) is 24.3 Å². The number of imidazole rings is 1. The third-order valence-corrected chi connectivity index (χ3v) is 3.90. The fraction of sp³-hybridized carbons (Fsp3) is 0.278. The Morgan fingerprint density at radius 1 is 0.955 bits per heavy atom. The second kappa shape index (κ2) is 6.10. The van der Waals surface area contributed by atoms with Gasteiger partial charge in [0.2, 0.25) is 0 Å². The number of aryl methyl sites for hydroxylation is 1. The van der Waals surface area contributed by atoms with Gasteiger partial charge in [0, 0.05) is 6.42 Å². The van der Waals surface area contributed by atoms with Crippen LogP contribution in [0.1, 0.15) is 18.3 Å². The average Bonchev–Trinajstić information content (AvgIpc) is 2.93. The summed E-state index contributed by atoms with van der Waals surface area (Å²) in [5.74, 6) is 2.73. The summed E-state index contributed by atoms with van der Waals surface area (Å²) >= 11 is 0. The Labute approximate surface area is 130 Å². The lowest BCUT2D eigenvalue weighted by atomic mass is 10.1. The monoisotopic (exact) mass is 296 g/mol. The number of hydrogen-bond donors (Lipinski definition) is 0. The first-order valence-corrected chi connectivity index (χ1v) is 7.42. The largest absolute Gasteiger partial charge is 0.496 e. The zero-order valence-corrected chi connectivity index (χ0v) is 13.2. The van der Waals surface area contributed by atoms with E-state index in [4.69, 9.17) is 14.5 Å². The van der Waals surface area contributed by atoms with Gasteiger partial charge in [-0.3, -0.25) is 0 Å². The van der Waals surface area contributed by atoms with Crippen LogP contribution in [0.4, 0.5) is 0 Å². The molecule has 3 aromatic rings. The molecule has 22 heavy (non-hydrogen) atoms. The van der Waals surface area contributed by atoms with E-state index in [1.54, 1.807) is 14.2 Å². The molecule has 2 aromatic carbocycles. The second-order valence-electron chi connectivity index (χ2n) is 5.10. The second-order valence-corrected chi connectivity index (χ2v) is 5.10. The van der Waals surface area contributed by atoms with Crippen molar-refractivity contribution in [1.29, 1.82) is 0 Å². The summed E-state index contributed by atoms with van der Waals surface area (Å²) in [6, 6.07) is 14.1. The molecule has 0 aliphatic rings. The quantitative estimate of drug-likeness (QED) is 0.721. The van der Waals surface area contributed by atoms with Gasteiger partial charge in [0.1, 0.15) is 17.3 Å². The molecule has 0 aliphatic heterocycles. The molecule has 1 heterocycles. The molecule has 114 valence electrons. The summed E-state index contributed by atoms with van der Waals surface area (Å²) in [6.07, 6.45) is 0.881. The zero-order valence-electron chi connectivity index (χ0n) is 13.2. The van der Waals surface area contributed by atoms with E-state index in [1.165, 1.54) is 0 Å². The molecule has 0 spiro atoms. The van der Waals surface area contributed by atoms with Crippen LogP contribution in [0.3, 0.4) is 0 Å². The molecule has 0 aliphatic carbocycles. The summed E-state index contributed by atoms with van der Waals surface area (Å²) in [7, 11) is 3.37. The number of hydrogen-bond acceptors (Lipinski definition) is 3. The summed E-state index contributed by atoms with van der Waals surface area (Å²) in [5.41, 5.74) is 3.19. The lowest BCUT2D eigenvalue weighted by Gasteiger charge is -2.15. The van der Waals surface area contributed by atoms with Gasteiger partial charge in [-0.25, -0.2) is 4.98 Å². The standard InChI is InChI=1S/C18H20N2O2/c1-4-18-19-14-8-5-6-9-15(14)20(18)12-13-16(21-2)10-7-11-17(13)22-3/h5-11H,4,12H2,1-3H3. The van der Waals surface area contributed by atoms with Crippen molar-refractivity contribution in [2.24, 2.45) is 0 Å². The molecule has 4 nitrogen and oxygen atoms in total. The Kier molecular flexibility index (Phi) is 4.00. The minimum atomic E-state index is 0.677. The molecule has 0 fully saturated rings. The van der Waals surface area contributed by atoms with E-state index in [9.17, 15) is 0 Å². The molecular formula is C18H20N2O2. The van der Waals surface area contributed by atoms with Gasteiger partial charge in [0.05, 0.1) is 37.4 Å². The first kappa shape index (κ1) is 14.4. The van der Waals surface area contributed by atoms with E-state index in [-0.39, 0.29) is 0 Å². The Balaban J connectivity index is 2.14. The smallest absolute Gasteiger partial charge is 0.127 e. The van der Waals surface area contributed by atoms with E-state index in [1.807, 2.05) is 36.4 Å². The van der Waals surface area contributed by atoms with Crippen LogP contribution in [0.25, 0.3) is 11.0 Å². The average molecular weight is 296 g/mol. The fourth-order valence-corrected chi connectivity index (χ4v) is 2.81. The van der Waals surface area contributed by atoms with E-state index in [0.717, 1.165) is 40.3 Å². The molecule has 0 bridgehead atoms. The summed E-state index contributed by atoms with van der Waals surface area (Å²) < 4.78 is 13.2. The molecule has 0 N–H and O–H groups in total. The van der Waals surface area contributed by atoms with Crippen LogP contribution in [0, 0.1) is 0 Å². The molecule has 1 aromatic heterocycles. The molecular weight excluding hydrogens is 276 g/mol. The maximum atomic E-state index is 5.51. The summed E-state index contributed by atoms with van der Waals surface area (Å²) in [4.78, 5) is 4.72. The fourth-order valence-electron chi connectivity index (χ4n) is 2.81. The van der Waals surface area contributed by atoms with Gasteiger partial charge >= 0.3 is 0 Å². The van der Waals surface area contributed by atoms with Crippen molar-refractivity contribution >= 4 is 11.0 Å². The van der Waals surface area contributed by atoms with Gasteiger partial charge in [-0.2, -0.15) is 0 Å². The maximum Gasteiger partial charge on any atom is 0.127 e. The van der Waals surface area contributed by atoms with Crippen LogP contribution in [0.15, 0.2) is 42.5 Å². The van der Waals surface area contributed by atoms with E-state index >= 15 is 0 Å². The lowest BCUT2D eigenvalue weighted by molar-refractivity contribution is 0.383. The van der Waals surface area contributed by atoms with E-state index in [0.29, 0.717) is 6.54 Å². The van der Waals surface area contributed by atoms with Gasteiger partial charge in [0.25, 0.3) is 0 Å². The highest BCUT2D eigenvalue weighted by atomic mass is 16.5. The molecule has 0 saturated carbocycles. The molecule has 0 unspecified atom stereocenters. The van der Waals surface area contributed by atoms with Crippen molar-refractivity contribution < 1.29 is 9.47 Å². The Morgan fingerprint density at radius 3 is 2.27 bits per heavy atom. The minimum Gasteiger partial charge on any atom is -0.496 e. The number of methoxy groups -OCH3 is 2. The predicted molar refractivity (Wildman–Crippen MR) is 87.8 cm³/mol. The number of rotatable bonds is 5. The lowest BCUT2D eigenvalue weighted by Crippen LogP contribution is -2.07. The van der Waals surface area contributed by atoms with Crippen LogP contribution in [-0.4, -0.2) is 23.8 Å². The van der Waals surface area contributed by atoms with Crippen LogP contribution in [0.5, 0.6) is 11.5 Å². The highest BCUT2D eigenvalue weighted by Crippen LogP contribution is 2.30. The molecule has 0 atom stereocenters. The molecule has 0 radical (unpaired) electrons. The number of ether oxygens (including phenoxy) is 2. The van der Waals surface area contributed by atoms with Gasteiger partial charge in [-0.15, -0.1) is 0 Å². The van der Waals surface area contributed by atoms with Gasteiger partial charge in [-0.1, -0.05) is 25.1 Å². The van der Waals surface area contributed by atoms with E-state index in [2.05, 4.69) is 17.6 Å². The third-order valence-electron chi connectivity index (χ3n) is 3.90. The Hall–Kier alpha value is -2.49. The zero-order chi connectivity index (χ0) is 15.5. The molecule has 0 saturated heterocycles. The normalized spacial score (nSPS) is 10.9. The first-order valence-electron chi connectivity index (χ1n) is 7.42. The van der Waals surface area contributed by atoms with E-state index < -0.39 is 0 Å². The van der Waals surface area contributed by atoms with Crippen molar-refractivity contribution in [3.8, 4) is 11.5 Å². The Morgan fingerprint density at radius 2 is 1.64 bits per heavy atom. The van der Waals surface area contributed by atoms with Crippen molar-refractivity contribution in [3.63, 3.8) is 0 Å². The molecule has 0 amide bonds. The topological polar surface area (TPSA) is 36.3 Å². The predicted octanol–water partition coefficient (Wildman–Crippen LogP) is 3.66.